The monoisotopic (exact) mass is 390 g/mol. The highest BCUT2D eigenvalue weighted by Gasteiger charge is 2.29. The van der Waals surface area contributed by atoms with Crippen LogP contribution in [0.2, 0.25) is 5.02 Å². The molecule has 1 aliphatic rings. The number of ether oxygens (including phenoxy) is 2. The standard InChI is InChI=1S/C16H23ClN2O5S/c1-3-12(2)18-16(20)11-24-14-5-4-13(17)10-15(14)25(21,22)19-6-8-23-9-7-19/h4-5,10,12H,3,6-9,11H2,1-2H3,(H,18,20)/t12-/m0/s1. The van der Waals surface area contributed by atoms with E-state index in [4.69, 9.17) is 21.1 Å². The van der Waals surface area contributed by atoms with Crippen molar-refractivity contribution in [3.05, 3.63) is 23.2 Å². The highest BCUT2D eigenvalue weighted by atomic mass is 35.5. The number of nitrogens with zero attached hydrogens (tertiary/aromatic N) is 1. The number of rotatable bonds is 7. The number of halogens is 1. The Labute approximate surface area is 153 Å². The minimum absolute atomic E-state index is 0.0258. The zero-order valence-corrected chi connectivity index (χ0v) is 15.9. The van der Waals surface area contributed by atoms with E-state index in [1.165, 1.54) is 22.5 Å². The van der Waals surface area contributed by atoms with Gasteiger partial charge in [0.05, 0.1) is 13.2 Å². The summed E-state index contributed by atoms with van der Waals surface area (Å²) in [5, 5.41) is 3.05. The molecule has 1 amide bonds. The predicted octanol–water partition coefficient (Wildman–Crippen LogP) is 1.65. The molecule has 0 radical (unpaired) electrons. The summed E-state index contributed by atoms with van der Waals surface area (Å²) >= 11 is 5.97. The van der Waals surface area contributed by atoms with E-state index in [1.54, 1.807) is 0 Å². The van der Waals surface area contributed by atoms with Crippen molar-refractivity contribution in [1.82, 2.24) is 9.62 Å². The Balaban J connectivity index is 2.18. The maximum absolute atomic E-state index is 12.9. The van der Waals surface area contributed by atoms with Crippen LogP contribution in [0.3, 0.4) is 0 Å². The summed E-state index contributed by atoms with van der Waals surface area (Å²) in [5.41, 5.74) is 0. The fraction of sp³-hybridized carbons (Fsp3) is 0.562. The Morgan fingerprint density at radius 3 is 2.72 bits per heavy atom. The molecule has 140 valence electrons. The first-order valence-electron chi connectivity index (χ1n) is 8.14. The molecule has 0 unspecified atom stereocenters. The first-order chi connectivity index (χ1) is 11.8. The van der Waals surface area contributed by atoms with Crippen molar-refractivity contribution in [1.29, 1.82) is 0 Å². The molecule has 1 heterocycles. The van der Waals surface area contributed by atoms with Gasteiger partial charge in [0, 0.05) is 24.2 Å². The van der Waals surface area contributed by atoms with Gasteiger partial charge in [-0.25, -0.2) is 8.42 Å². The van der Waals surface area contributed by atoms with Crippen molar-refractivity contribution >= 4 is 27.5 Å². The Bertz CT molecular complexity index is 704. The van der Waals surface area contributed by atoms with Gasteiger partial charge in [0.25, 0.3) is 5.91 Å². The van der Waals surface area contributed by atoms with Crippen LogP contribution in [0.15, 0.2) is 23.1 Å². The fourth-order valence-corrected chi connectivity index (χ4v) is 4.09. The van der Waals surface area contributed by atoms with Crippen LogP contribution in [0.4, 0.5) is 0 Å². The Morgan fingerprint density at radius 2 is 2.08 bits per heavy atom. The molecule has 1 aliphatic heterocycles. The lowest BCUT2D eigenvalue weighted by molar-refractivity contribution is -0.123. The molecule has 7 nitrogen and oxygen atoms in total. The van der Waals surface area contributed by atoms with Crippen molar-refractivity contribution in [2.45, 2.75) is 31.2 Å². The van der Waals surface area contributed by atoms with Crippen LogP contribution in [0, 0.1) is 0 Å². The summed E-state index contributed by atoms with van der Waals surface area (Å²) in [5.74, 6) is -0.200. The summed E-state index contributed by atoms with van der Waals surface area (Å²) in [6, 6.07) is 4.36. The number of hydrogen-bond donors (Lipinski definition) is 1. The molecule has 1 fully saturated rings. The fourth-order valence-electron chi connectivity index (χ4n) is 2.29. The molecule has 25 heavy (non-hydrogen) atoms. The molecule has 0 aromatic heterocycles. The topological polar surface area (TPSA) is 84.9 Å². The number of morpholine rings is 1. The largest absolute Gasteiger partial charge is 0.482 e. The molecule has 0 aliphatic carbocycles. The molecule has 0 saturated carbocycles. The van der Waals surface area contributed by atoms with Gasteiger partial charge in [-0.05, 0) is 31.5 Å². The van der Waals surface area contributed by atoms with E-state index in [2.05, 4.69) is 5.32 Å². The van der Waals surface area contributed by atoms with Crippen LogP contribution in [0.5, 0.6) is 5.75 Å². The van der Waals surface area contributed by atoms with Crippen molar-refractivity contribution in [2.24, 2.45) is 0 Å². The van der Waals surface area contributed by atoms with E-state index in [1.807, 2.05) is 13.8 Å². The van der Waals surface area contributed by atoms with Crippen LogP contribution in [-0.4, -0.2) is 57.6 Å². The summed E-state index contributed by atoms with van der Waals surface area (Å²) in [4.78, 5) is 11.8. The van der Waals surface area contributed by atoms with Crippen LogP contribution in [-0.2, 0) is 19.6 Å². The highest BCUT2D eigenvalue weighted by Crippen LogP contribution is 2.30. The first-order valence-corrected chi connectivity index (χ1v) is 9.96. The van der Waals surface area contributed by atoms with Crippen LogP contribution >= 0.6 is 11.6 Å². The zero-order valence-electron chi connectivity index (χ0n) is 14.3. The van der Waals surface area contributed by atoms with Gasteiger partial charge in [0.15, 0.2) is 6.61 Å². The normalized spacial score (nSPS) is 17.1. The average Bonchev–Trinajstić information content (AvgIpc) is 2.61. The number of carbonyl (C=O) groups excluding carboxylic acids is 1. The number of sulfonamides is 1. The van der Waals surface area contributed by atoms with Crippen LogP contribution in [0.1, 0.15) is 20.3 Å². The van der Waals surface area contributed by atoms with E-state index < -0.39 is 10.0 Å². The van der Waals surface area contributed by atoms with E-state index in [9.17, 15) is 13.2 Å². The second-order valence-corrected chi connectivity index (χ2v) is 8.12. The van der Waals surface area contributed by atoms with E-state index in [0.29, 0.717) is 13.2 Å². The molecular formula is C16H23ClN2O5S. The molecule has 0 spiro atoms. The lowest BCUT2D eigenvalue weighted by atomic mass is 10.2. The van der Waals surface area contributed by atoms with E-state index in [0.717, 1.165) is 6.42 Å². The minimum atomic E-state index is -3.78. The maximum Gasteiger partial charge on any atom is 0.258 e. The second-order valence-electron chi connectivity index (χ2n) is 5.77. The van der Waals surface area contributed by atoms with Gasteiger partial charge in [-0.3, -0.25) is 4.79 Å². The van der Waals surface area contributed by atoms with Gasteiger partial charge in [-0.15, -0.1) is 0 Å². The van der Waals surface area contributed by atoms with Crippen LogP contribution < -0.4 is 10.1 Å². The number of benzene rings is 1. The molecule has 1 saturated heterocycles. The number of nitrogens with one attached hydrogen (secondary N) is 1. The molecule has 0 bridgehead atoms. The van der Waals surface area contributed by atoms with Gasteiger partial charge < -0.3 is 14.8 Å². The Morgan fingerprint density at radius 1 is 1.40 bits per heavy atom. The summed E-state index contributed by atoms with van der Waals surface area (Å²) in [6.07, 6.45) is 0.795. The second kappa shape index (κ2) is 8.84. The molecule has 1 aromatic carbocycles. The van der Waals surface area contributed by atoms with E-state index >= 15 is 0 Å². The zero-order chi connectivity index (χ0) is 18.4. The molecule has 9 heteroatoms. The highest BCUT2D eigenvalue weighted by molar-refractivity contribution is 7.89. The Hall–Kier alpha value is -1.35. The summed E-state index contributed by atoms with van der Waals surface area (Å²) < 4.78 is 37.7. The average molecular weight is 391 g/mol. The number of hydrogen-bond acceptors (Lipinski definition) is 5. The van der Waals surface area contributed by atoms with Crippen molar-refractivity contribution in [3.63, 3.8) is 0 Å². The smallest absolute Gasteiger partial charge is 0.258 e. The first kappa shape index (κ1) is 20.0. The third kappa shape index (κ3) is 5.31. The van der Waals surface area contributed by atoms with Crippen molar-refractivity contribution in [3.8, 4) is 5.75 Å². The van der Waals surface area contributed by atoms with Gasteiger partial charge in [-0.1, -0.05) is 18.5 Å². The Kier molecular flexibility index (Phi) is 7.06. The molecule has 1 N–H and O–H groups in total. The maximum atomic E-state index is 12.9. The molecular weight excluding hydrogens is 368 g/mol. The summed E-state index contributed by atoms with van der Waals surface area (Å²) in [6.45, 7) is 4.79. The van der Waals surface area contributed by atoms with Gasteiger partial charge in [-0.2, -0.15) is 4.31 Å². The third-order valence-electron chi connectivity index (χ3n) is 3.87. The molecule has 1 aromatic rings. The lowest BCUT2D eigenvalue weighted by Crippen LogP contribution is -2.41. The summed E-state index contributed by atoms with van der Waals surface area (Å²) in [7, 11) is -3.78. The molecule has 1 atom stereocenters. The number of amides is 1. The van der Waals surface area contributed by atoms with Gasteiger partial charge in [0.1, 0.15) is 10.6 Å². The van der Waals surface area contributed by atoms with Crippen molar-refractivity contribution < 1.29 is 22.7 Å². The van der Waals surface area contributed by atoms with Crippen LogP contribution in [0.25, 0.3) is 0 Å². The quantitative estimate of drug-likeness (QED) is 0.765. The minimum Gasteiger partial charge on any atom is -0.482 e. The lowest BCUT2D eigenvalue weighted by Gasteiger charge is -2.26. The molecule has 2 rings (SSSR count). The van der Waals surface area contributed by atoms with E-state index in [-0.39, 0.29) is 47.3 Å². The van der Waals surface area contributed by atoms with Crippen molar-refractivity contribution in [2.75, 3.05) is 32.9 Å². The predicted molar refractivity (Wildman–Crippen MR) is 94.4 cm³/mol. The van der Waals surface area contributed by atoms with Gasteiger partial charge >= 0.3 is 0 Å². The SMILES string of the molecule is CC[C@H](C)NC(=O)COc1ccc(Cl)cc1S(=O)(=O)N1CCOCC1. The third-order valence-corrected chi connectivity index (χ3v) is 6.03. The van der Waals surface area contributed by atoms with Gasteiger partial charge in [0.2, 0.25) is 10.0 Å². The number of carbonyl (C=O) groups is 1.